The van der Waals surface area contributed by atoms with Gasteiger partial charge in [-0.1, -0.05) is 31.5 Å². The Hall–Kier alpha value is -1.96. The van der Waals surface area contributed by atoms with Crippen LogP contribution in [0.1, 0.15) is 19.4 Å². The largest absolute Gasteiger partial charge is 0.388 e. The molecule has 0 unspecified atom stereocenters. The molecule has 0 saturated carbocycles. The molecule has 0 bridgehead atoms. The topological polar surface area (TPSA) is 24.1 Å². The van der Waals surface area contributed by atoms with Gasteiger partial charge in [0.25, 0.3) is 0 Å². The Morgan fingerprint density at radius 1 is 0.667 bits per heavy atom. The molecular formula is C16H22N2. The van der Waals surface area contributed by atoms with Gasteiger partial charge in [-0.05, 0) is 43.3 Å². The van der Waals surface area contributed by atoms with E-state index in [0.29, 0.717) is 0 Å². The number of benzene rings is 2. The van der Waals surface area contributed by atoms with Gasteiger partial charge in [-0.3, -0.25) is 0 Å². The minimum atomic E-state index is 1.10. The first-order chi connectivity index (χ1) is 8.78. The summed E-state index contributed by atoms with van der Waals surface area (Å²) in [5, 5.41) is 6.45. The van der Waals surface area contributed by atoms with E-state index >= 15 is 0 Å². The molecule has 0 spiro atoms. The summed E-state index contributed by atoms with van der Waals surface area (Å²) in [6, 6.07) is 16.6. The second-order valence-corrected chi connectivity index (χ2v) is 3.82. The van der Waals surface area contributed by atoms with E-state index in [0.717, 1.165) is 17.1 Å². The van der Waals surface area contributed by atoms with E-state index in [1.807, 2.05) is 20.9 Å². The van der Waals surface area contributed by atoms with E-state index in [2.05, 4.69) is 66.1 Å². The van der Waals surface area contributed by atoms with Crippen molar-refractivity contribution >= 4 is 17.1 Å². The van der Waals surface area contributed by atoms with E-state index < -0.39 is 0 Å². The monoisotopic (exact) mass is 242 g/mol. The maximum Gasteiger partial charge on any atom is 0.0385 e. The third-order valence-corrected chi connectivity index (χ3v) is 2.51. The predicted octanol–water partition coefficient (Wildman–Crippen LogP) is 4.81. The molecule has 0 atom stereocenters. The summed E-state index contributed by atoms with van der Waals surface area (Å²) in [5.74, 6) is 0. The summed E-state index contributed by atoms with van der Waals surface area (Å²) in [7, 11) is 1.92. The van der Waals surface area contributed by atoms with E-state index in [-0.39, 0.29) is 0 Å². The van der Waals surface area contributed by atoms with Crippen LogP contribution in [0.3, 0.4) is 0 Å². The second kappa shape index (κ2) is 7.38. The van der Waals surface area contributed by atoms with Crippen LogP contribution in [0, 0.1) is 6.92 Å². The minimum absolute atomic E-state index is 1.10. The van der Waals surface area contributed by atoms with Gasteiger partial charge in [0.2, 0.25) is 0 Å². The third-order valence-electron chi connectivity index (χ3n) is 2.51. The average molecular weight is 242 g/mol. The first-order valence-electron chi connectivity index (χ1n) is 6.39. The zero-order chi connectivity index (χ0) is 13.4. The van der Waals surface area contributed by atoms with Crippen LogP contribution in [0.25, 0.3) is 0 Å². The van der Waals surface area contributed by atoms with E-state index in [4.69, 9.17) is 0 Å². The van der Waals surface area contributed by atoms with Gasteiger partial charge in [-0.15, -0.1) is 0 Å². The Labute approximate surface area is 110 Å². The second-order valence-electron chi connectivity index (χ2n) is 3.82. The molecular weight excluding hydrogens is 220 g/mol. The van der Waals surface area contributed by atoms with Gasteiger partial charge in [-0.2, -0.15) is 0 Å². The highest BCUT2D eigenvalue weighted by Gasteiger charge is 1.94. The number of hydrogen-bond donors (Lipinski definition) is 2. The minimum Gasteiger partial charge on any atom is -0.388 e. The van der Waals surface area contributed by atoms with Gasteiger partial charge >= 0.3 is 0 Å². The zero-order valence-electron chi connectivity index (χ0n) is 11.6. The standard InChI is InChI=1S/C14H16N2.C2H6/c1-11-3-5-13(6-4-11)16-14-9-7-12(15-2)8-10-14;1-2/h3-10,15-16H,1-2H3;1-2H3. The van der Waals surface area contributed by atoms with Gasteiger partial charge in [0, 0.05) is 24.1 Å². The number of hydrogen-bond acceptors (Lipinski definition) is 2. The Morgan fingerprint density at radius 3 is 1.50 bits per heavy atom. The molecule has 0 aliphatic carbocycles. The van der Waals surface area contributed by atoms with Gasteiger partial charge in [-0.25, -0.2) is 0 Å². The van der Waals surface area contributed by atoms with Crippen molar-refractivity contribution in [1.29, 1.82) is 0 Å². The molecule has 2 aromatic rings. The van der Waals surface area contributed by atoms with Crippen LogP contribution in [0.5, 0.6) is 0 Å². The molecule has 0 aliphatic rings. The fourth-order valence-electron chi connectivity index (χ4n) is 1.52. The molecule has 2 heteroatoms. The van der Waals surface area contributed by atoms with Crippen molar-refractivity contribution in [1.82, 2.24) is 0 Å². The van der Waals surface area contributed by atoms with Crippen LogP contribution < -0.4 is 10.6 Å². The number of aryl methyl sites for hydroxylation is 1. The molecule has 0 heterocycles. The Morgan fingerprint density at radius 2 is 1.06 bits per heavy atom. The lowest BCUT2D eigenvalue weighted by atomic mass is 10.2. The normalized spacial score (nSPS) is 9.11. The fraction of sp³-hybridized carbons (Fsp3) is 0.250. The highest BCUT2D eigenvalue weighted by Crippen LogP contribution is 2.18. The van der Waals surface area contributed by atoms with Crippen molar-refractivity contribution in [3.63, 3.8) is 0 Å². The van der Waals surface area contributed by atoms with E-state index in [1.165, 1.54) is 5.56 Å². The molecule has 96 valence electrons. The predicted molar refractivity (Wildman–Crippen MR) is 81.8 cm³/mol. The molecule has 2 aromatic carbocycles. The highest BCUT2D eigenvalue weighted by atomic mass is 14.9. The summed E-state index contributed by atoms with van der Waals surface area (Å²) in [4.78, 5) is 0. The summed E-state index contributed by atoms with van der Waals surface area (Å²) in [6.45, 7) is 6.09. The molecule has 2 nitrogen and oxygen atoms in total. The number of nitrogens with one attached hydrogen (secondary N) is 2. The summed E-state index contributed by atoms with van der Waals surface area (Å²) in [6.07, 6.45) is 0. The van der Waals surface area contributed by atoms with E-state index in [1.54, 1.807) is 0 Å². The summed E-state index contributed by atoms with van der Waals surface area (Å²) < 4.78 is 0. The third kappa shape index (κ3) is 4.13. The van der Waals surface area contributed by atoms with E-state index in [9.17, 15) is 0 Å². The molecule has 2 N–H and O–H groups in total. The molecule has 18 heavy (non-hydrogen) atoms. The van der Waals surface area contributed by atoms with Crippen molar-refractivity contribution in [2.75, 3.05) is 17.7 Å². The summed E-state index contributed by atoms with van der Waals surface area (Å²) >= 11 is 0. The van der Waals surface area contributed by atoms with Gasteiger partial charge in [0.15, 0.2) is 0 Å². The van der Waals surface area contributed by atoms with Crippen LogP contribution in [0.15, 0.2) is 48.5 Å². The lowest BCUT2D eigenvalue weighted by molar-refractivity contribution is 1.45. The SMILES string of the molecule is CC.CNc1ccc(Nc2ccc(C)cc2)cc1. The van der Waals surface area contributed by atoms with Crippen LogP contribution in [-0.2, 0) is 0 Å². The van der Waals surface area contributed by atoms with Crippen LogP contribution in [-0.4, -0.2) is 7.05 Å². The average Bonchev–Trinajstić information content (AvgIpc) is 2.44. The van der Waals surface area contributed by atoms with Gasteiger partial charge < -0.3 is 10.6 Å². The Bertz CT molecular complexity index is 444. The Kier molecular flexibility index (Phi) is 5.78. The quantitative estimate of drug-likeness (QED) is 0.807. The van der Waals surface area contributed by atoms with Crippen molar-refractivity contribution < 1.29 is 0 Å². The van der Waals surface area contributed by atoms with Gasteiger partial charge in [0.1, 0.15) is 0 Å². The lowest BCUT2D eigenvalue weighted by Gasteiger charge is -2.07. The van der Waals surface area contributed by atoms with Crippen LogP contribution in [0.4, 0.5) is 17.1 Å². The molecule has 0 saturated heterocycles. The maximum absolute atomic E-state index is 3.35. The van der Waals surface area contributed by atoms with Crippen molar-refractivity contribution in [2.24, 2.45) is 0 Å². The zero-order valence-corrected chi connectivity index (χ0v) is 11.6. The molecule has 0 aliphatic heterocycles. The maximum atomic E-state index is 3.35. The van der Waals surface area contributed by atoms with Gasteiger partial charge in [0.05, 0.1) is 0 Å². The van der Waals surface area contributed by atoms with Crippen LogP contribution in [0.2, 0.25) is 0 Å². The summed E-state index contributed by atoms with van der Waals surface area (Å²) in [5.41, 5.74) is 4.61. The van der Waals surface area contributed by atoms with Crippen molar-refractivity contribution in [3.8, 4) is 0 Å². The number of rotatable bonds is 3. The molecule has 0 radical (unpaired) electrons. The fourth-order valence-corrected chi connectivity index (χ4v) is 1.52. The van der Waals surface area contributed by atoms with Crippen molar-refractivity contribution in [3.05, 3.63) is 54.1 Å². The van der Waals surface area contributed by atoms with Crippen LogP contribution >= 0.6 is 0 Å². The first-order valence-corrected chi connectivity index (χ1v) is 6.39. The smallest absolute Gasteiger partial charge is 0.0385 e. The molecule has 0 aromatic heterocycles. The lowest BCUT2D eigenvalue weighted by Crippen LogP contribution is -1.91. The first kappa shape index (κ1) is 14.1. The molecule has 0 fully saturated rings. The number of anilines is 3. The molecule has 2 rings (SSSR count). The Balaban J connectivity index is 0.000000771. The van der Waals surface area contributed by atoms with Crippen molar-refractivity contribution in [2.45, 2.75) is 20.8 Å². The highest BCUT2D eigenvalue weighted by molar-refractivity contribution is 5.62. The molecule has 0 amide bonds.